The van der Waals surface area contributed by atoms with Crippen LogP contribution in [0, 0.1) is 5.92 Å². The van der Waals surface area contributed by atoms with Crippen molar-refractivity contribution in [3.63, 3.8) is 0 Å². The van der Waals surface area contributed by atoms with Crippen molar-refractivity contribution in [2.45, 2.75) is 45.2 Å². The number of amides is 1. The third-order valence-electron chi connectivity index (χ3n) is 8.02. The normalized spacial score (nSPS) is 19.3. The molecule has 1 saturated carbocycles. The molecule has 34 heavy (non-hydrogen) atoms. The Labute approximate surface area is 200 Å². The predicted octanol–water partition coefficient (Wildman–Crippen LogP) is 3.91. The van der Waals surface area contributed by atoms with Gasteiger partial charge in [0.1, 0.15) is 5.75 Å². The number of aromatic nitrogens is 2. The Balaban J connectivity index is 1.22. The zero-order valence-electron chi connectivity index (χ0n) is 19.9. The van der Waals surface area contributed by atoms with Gasteiger partial charge in [0.05, 0.1) is 11.1 Å². The van der Waals surface area contributed by atoms with Gasteiger partial charge in [0, 0.05) is 62.1 Å². The molecule has 6 rings (SSSR count). The van der Waals surface area contributed by atoms with E-state index in [1.807, 2.05) is 11.0 Å². The second kappa shape index (κ2) is 8.62. The molecule has 3 heterocycles. The largest absolute Gasteiger partial charge is 0.507 e. The summed E-state index contributed by atoms with van der Waals surface area (Å²) in [4.78, 5) is 20.1. The molecule has 1 aromatic heterocycles. The van der Waals surface area contributed by atoms with Crippen LogP contribution >= 0.6 is 0 Å². The number of benzene rings is 2. The van der Waals surface area contributed by atoms with Crippen LogP contribution in [0.2, 0.25) is 0 Å². The number of rotatable bonds is 4. The topological polar surface area (TPSA) is 75.7 Å². The molecule has 3 aromatic rings. The minimum atomic E-state index is -0.121. The minimum absolute atomic E-state index is 0.00509. The molecule has 1 amide bonds. The summed E-state index contributed by atoms with van der Waals surface area (Å²) in [5.41, 5.74) is 5.81. The van der Waals surface area contributed by atoms with Gasteiger partial charge in [-0.25, -0.2) is 0 Å². The summed E-state index contributed by atoms with van der Waals surface area (Å²) in [5, 5.41) is 19.2. The molecule has 1 aliphatic carbocycles. The van der Waals surface area contributed by atoms with E-state index in [9.17, 15) is 9.90 Å². The van der Waals surface area contributed by atoms with E-state index in [4.69, 9.17) is 0 Å². The average Bonchev–Trinajstić information content (AvgIpc) is 3.59. The lowest BCUT2D eigenvalue weighted by Crippen LogP contribution is -2.44. The molecule has 0 spiro atoms. The molecule has 2 aliphatic heterocycles. The van der Waals surface area contributed by atoms with Crippen LogP contribution in [0.3, 0.4) is 0 Å². The Morgan fingerprint density at radius 2 is 1.82 bits per heavy atom. The molecule has 7 heteroatoms. The number of carbonyl (C=O) groups is 1. The zero-order valence-corrected chi connectivity index (χ0v) is 19.9. The van der Waals surface area contributed by atoms with Crippen molar-refractivity contribution in [3.8, 4) is 5.75 Å². The summed E-state index contributed by atoms with van der Waals surface area (Å²) < 4.78 is 0. The summed E-state index contributed by atoms with van der Waals surface area (Å²) in [5.74, 6) is 0.564. The number of piperazine rings is 1. The molecule has 0 radical (unpaired) electrons. The second-order valence-corrected chi connectivity index (χ2v) is 10.3. The number of likely N-dealkylation sites (N-methyl/N-ethyl adjacent to an activating group) is 1. The van der Waals surface area contributed by atoms with Gasteiger partial charge >= 0.3 is 0 Å². The van der Waals surface area contributed by atoms with E-state index < -0.39 is 0 Å². The zero-order chi connectivity index (χ0) is 23.2. The van der Waals surface area contributed by atoms with Crippen LogP contribution in [0.1, 0.15) is 52.9 Å². The van der Waals surface area contributed by atoms with E-state index in [2.05, 4.69) is 45.2 Å². The molecule has 1 saturated heterocycles. The number of nitrogens with zero attached hydrogens (tertiary/aromatic N) is 4. The first-order valence-corrected chi connectivity index (χ1v) is 12.6. The number of hydrogen-bond donors (Lipinski definition) is 2. The van der Waals surface area contributed by atoms with Gasteiger partial charge in [-0.15, -0.1) is 0 Å². The van der Waals surface area contributed by atoms with Gasteiger partial charge in [-0.3, -0.25) is 9.89 Å². The molecule has 2 fully saturated rings. The smallest absolute Gasteiger partial charge is 0.258 e. The molecule has 0 bridgehead atoms. The molecule has 2 aromatic carbocycles. The van der Waals surface area contributed by atoms with E-state index in [1.54, 1.807) is 6.07 Å². The highest BCUT2D eigenvalue weighted by Gasteiger charge is 2.28. The summed E-state index contributed by atoms with van der Waals surface area (Å²) in [6, 6.07) is 10.1. The summed E-state index contributed by atoms with van der Waals surface area (Å²) >= 11 is 0. The summed E-state index contributed by atoms with van der Waals surface area (Å²) in [6.45, 7) is 5.35. The van der Waals surface area contributed by atoms with Gasteiger partial charge < -0.3 is 19.8 Å². The number of phenolic OH excluding ortho intramolecular Hbond substituents is 1. The minimum Gasteiger partial charge on any atom is -0.507 e. The highest BCUT2D eigenvalue weighted by atomic mass is 16.3. The number of hydrogen-bond acceptors (Lipinski definition) is 5. The lowest BCUT2D eigenvalue weighted by atomic mass is 9.99. The van der Waals surface area contributed by atoms with Crippen molar-refractivity contribution in [1.29, 1.82) is 0 Å². The van der Waals surface area contributed by atoms with Crippen molar-refractivity contribution in [1.82, 2.24) is 20.0 Å². The van der Waals surface area contributed by atoms with E-state index in [1.165, 1.54) is 42.5 Å². The van der Waals surface area contributed by atoms with E-state index in [0.29, 0.717) is 24.6 Å². The molecule has 7 nitrogen and oxygen atoms in total. The molecular weight excluding hydrogens is 426 g/mol. The monoisotopic (exact) mass is 459 g/mol. The maximum Gasteiger partial charge on any atom is 0.258 e. The maximum absolute atomic E-state index is 13.5. The first kappa shape index (κ1) is 21.5. The number of aromatic amines is 1. The Bertz CT molecular complexity index is 1220. The SMILES string of the molecule is CN1CCN(c2ccc3c(c2)CN(C(=O)c2cc4c(CC5CCCC5)[nH]nc4cc2O)C3)CC1. The van der Waals surface area contributed by atoms with Crippen molar-refractivity contribution in [2.24, 2.45) is 5.92 Å². The molecule has 3 aliphatic rings. The van der Waals surface area contributed by atoms with E-state index in [0.717, 1.165) is 49.2 Å². The molecular formula is C27H33N5O2. The summed E-state index contributed by atoms with van der Waals surface area (Å²) in [6.07, 6.45) is 6.07. The average molecular weight is 460 g/mol. The van der Waals surface area contributed by atoms with Crippen LogP contribution in [-0.4, -0.2) is 64.2 Å². The van der Waals surface area contributed by atoms with Gasteiger partial charge in [0.15, 0.2) is 0 Å². The van der Waals surface area contributed by atoms with E-state index >= 15 is 0 Å². The second-order valence-electron chi connectivity index (χ2n) is 10.3. The Kier molecular flexibility index (Phi) is 5.44. The maximum atomic E-state index is 13.5. The van der Waals surface area contributed by atoms with Crippen LogP contribution in [0.25, 0.3) is 10.9 Å². The van der Waals surface area contributed by atoms with Gasteiger partial charge in [0.25, 0.3) is 5.91 Å². The van der Waals surface area contributed by atoms with Crippen LogP contribution in [0.15, 0.2) is 30.3 Å². The fourth-order valence-electron chi connectivity index (χ4n) is 5.89. The number of carbonyl (C=O) groups excluding carboxylic acids is 1. The van der Waals surface area contributed by atoms with Gasteiger partial charge in [-0.1, -0.05) is 31.7 Å². The highest BCUT2D eigenvalue weighted by molar-refractivity contribution is 6.01. The lowest BCUT2D eigenvalue weighted by Gasteiger charge is -2.34. The number of phenols is 1. The predicted molar refractivity (Wildman–Crippen MR) is 133 cm³/mol. The van der Waals surface area contributed by atoms with Crippen molar-refractivity contribution in [2.75, 3.05) is 38.1 Å². The number of anilines is 1. The number of fused-ring (bicyclic) bond motifs is 2. The van der Waals surface area contributed by atoms with E-state index in [-0.39, 0.29) is 11.7 Å². The molecule has 178 valence electrons. The third-order valence-corrected chi connectivity index (χ3v) is 8.02. The fraction of sp³-hybridized carbons (Fsp3) is 0.481. The molecule has 0 unspecified atom stereocenters. The number of aromatic hydroxyl groups is 1. The van der Waals surface area contributed by atoms with Crippen LogP contribution in [0.4, 0.5) is 5.69 Å². The number of nitrogens with one attached hydrogen (secondary N) is 1. The van der Waals surface area contributed by atoms with Crippen molar-refractivity contribution < 1.29 is 9.90 Å². The van der Waals surface area contributed by atoms with Crippen LogP contribution in [0.5, 0.6) is 5.75 Å². The quantitative estimate of drug-likeness (QED) is 0.619. The van der Waals surface area contributed by atoms with Crippen molar-refractivity contribution in [3.05, 3.63) is 52.7 Å². The number of H-pyrrole nitrogens is 1. The van der Waals surface area contributed by atoms with Gasteiger partial charge in [0.2, 0.25) is 0 Å². The standard InChI is InChI=1S/C27H33N5O2/c1-30-8-10-31(11-9-30)21-7-6-19-16-32(17-20(19)13-21)27(34)23-14-22-24(12-18-4-2-3-5-18)28-29-25(22)15-26(23)33/h6-7,13-15,18,33H,2-5,8-12,16-17H2,1H3,(H,28,29). The highest BCUT2D eigenvalue weighted by Crippen LogP contribution is 2.34. The Hall–Kier alpha value is -3.06. The van der Waals surface area contributed by atoms with Crippen LogP contribution in [-0.2, 0) is 19.5 Å². The molecule has 0 atom stereocenters. The lowest BCUT2D eigenvalue weighted by molar-refractivity contribution is 0.0748. The van der Waals surface area contributed by atoms with Crippen LogP contribution < -0.4 is 4.90 Å². The fourth-order valence-corrected chi connectivity index (χ4v) is 5.89. The first-order valence-electron chi connectivity index (χ1n) is 12.6. The van der Waals surface area contributed by atoms with Gasteiger partial charge in [-0.05, 0) is 48.7 Å². The summed E-state index contributed by atoms with van der Waals surface area (Å²) in [7, 11) is 2.16. The Morgan fingerprint density at radius 3 is 2.62 bits per heavy atom. The third kappa shape index (κ3) is 3.92. The first-order chi connectivity index (χ1) is 16.5. The molecule has 2 N–H and O–H groups in total. The van der Waals surface area contributed by atoms with Gasteiger partial charge in [-0.2, -0.15) is 5.10 Å². The Morgan fingerprint density at radius 1 is 1.06 bits per heavy atom. The van der Waals surface area contributed by atoms with Crippen molar-refractivity contribution >= 4 is 22.5 Å².